The Bertz CT molecular complexity index is 2590. The van der Waals surface area contributed by atoms with Gasteiger partial charge in [0.2, 0.25) is 11.8 Å². The van der Waals surface area contributed by atoms with Crippen LogP contribution in [-0.2, 0) is 32.7 Å². The molecule has 14 nitrogen and oxygen atoms in total. The molecule has 3 aliphatic heterocycles. The second-order valence-electron chi connectivity index (χ2n) is 20.8. The summed E-state index contributed by atoms with van der Waals surface area (Å²) < 4.78 is 4.86. The van der Waals surface area contributed by atoms with Crippen LogP contribution in [0.15, 0.2) is 65.8 Å². The molecule has 0 radical (unpaired) electrons. The van der Waals surface area contributed by atoms with E-state index in [2.05, 4.69) is 89.4 Å². The van der Waals surface area contributed by atoms with Crippen molar-refractivity contribution in [2.24, 2.45) is 22.2 Å². The van der Waals surface area contributed by atoms with Crippen LogP contribution in [0, 0.1) is 17.3 Å². The van der Waals surface area contributed by atoms with Crippen LogP contribution in [0.25, 0.3) is 33.5 Å². The smallest absolute Gasteiger partial charge is 0.407 e. The number of H-pyrrole nitrogens is 1. The number of hydrogen-bond donors (Lipinski definition) is 5. The standard InChI is InChI=1S/C53H66N8O6/c1-30(2)44(57-50(64)65)48(62)60-24-10-12-42(60)46-54-29-41(56-46)33-16-14-32(15-17-33)35-19-20-36(38-28-53(27-37(35)38)22-8-9-23-53)34-18-21-39-40(26-34)55-47(59-52(39,5)6)43-13-11-25-61(43)49(63)45(31(3)4)58-51(66)67-7/h14-21,26,29-31,42-45,57H,8-13,22-25,27-28H2,1-7H3,(H,54,56)(H,55,59)(H,58,66)(H,64,65)/t42-,43-,44-,45-/m0/s1. The Labute approximate surface area is 393 Å². The molecule has 4 heterocycles. The number of amides is 4. The first-order valence-electron chi connectivity index (χ1n) is 24.3. The number of ether oxygens (including phenoxy) is 1. The van der Waals surface area contributed by atoms with Crippen molar-refractivity contribution in [3.05, 3.63) is 83.3 Å². The molecule has 354 valence electrons. The van der Waals surface area contributed by atoms with Gasteiger partial charge in [0.25, 0.3) is 0 Å². The number of likely N-dealkylation sites (tertiary alicyclic amines) is 2. The molecule has 14 heteroatoms. The van der Waals surface area contributed by atoms with Gasteiger partial charge in [-0.1, -0.05) is 89.1 Å². The van der Waals surface area contributed by atoms with E-state index in [4.69, 9.17) is 14.7 Å². The number of carboxylic acid groups (broad SMARTS) is 1. The van der Waals surface area contributed by atoms with Crippen molar-refractivity contribution in [1.82, 2.24) is 30.4 Å². The molecule has 3 aromatic carbocycles. The number of benzene rings is 3. The fourth-order valence-corrected chi connectivity index (χ4v) is 11.8. The molecule has 67 heavy (non-hydrogen) atoms. The molecule has 4 aromatic rings. The molecule has 1 spiro atoms. The normalized spacial score (nSPS) is 21.2. The lowest BCUT2D eigenvalue weighted by Crippen LogP contribution is -2.55. The maximum atomic E-state index is 14.0. The second kappa shape index (κ2) is 18.1. The summed E-state index contributed by atoms with van der Waals surface area (Å²) >= 11 is 0. The summed E-state index contributed by atoms with van der Waals surface area (Å²) in [6.45, 7) is 13.0. The van der Waals surface area contributed by atoms with E-state index in [1.54, 1.807) is 4.90 Å². The van der Waals surface area contributed by atoms with E-state index < -0.39 is 29.8 Å². The first-order chi connectivity index (χ1) is 32.1. The van der Waals surface area contributed by atoms with Crippen molar-refractivity contribution in [2.45, 2.75) is 135 Å². The number of nitrogens with zero attached hydrogens (tertiary/aromatic N) is 4. The van der Waals surface area contributed by atoms with Crippen LogP contribution < -0.4 is 16.0 Å². The molecular weight excluding hydrogens is 845 g/mol. The number of imidazole rings is 1. The predicted molar refractivity (Wildman–Crippen MR) is 260 cm³/mol. The average Bonchev–Trinajstić information content (AvgIpc) is 4.17. The van der Waals surface area contributed by atoms with Crippen molar-refractivity contribution in [2.75, 3.05) is 25.5 Å². The fraction of sp³-hybridized carbons (Fsp3) is 0.509. The molecule has 5 aliphatic rings. The van der Waals surface area contributed by atoms with Crippen molar-refractivity contribution < 1.29 is 29.0 Å². The van der Waals surface area contributed by atoms with E-state index in [1.807, 2.05) is 38.8 Å². The first-order valence-corrected chi connectivity index (χ1v) is 24.3. The Morgan fingerprint density at radius 2 is 1.33 bits per heavy atom. The minimum absolute atomic E-state index is 0.119. The maximum Gasteiger partial charge on any atom is 0.407 e. The highest BCUT2D eigenvalue weighted by Crippen LogP contribution is 2.53. The molecule has 2 aliphatic carbocycles. The number of fused-ring (bicyclic) bond motifs is 2. The molecule has 1 aromatic heterocycles. The molecule has 4 amide bonds. The van der Waals surface area contributed by atoms with E-state index in [0.29, 0.717) is 18.9 Å². The lowest BCUT2D eigenvalue weighted by Gasteiger charge is -2.37. The van der Waals surface area contributed by atoms with Crippen LogP contribution in [0.2, 0.25) is 0 Å². The second-order valence-corrected chi connectivity index (χ2v) is 20.8. The third-order valence-electron chi connectivity index (χ3n) is 15.3. The zero-order valence-electron chi connectivity index (χ0n) is 40.0. The summed E-state index contributed by atoms with van der Waals surface area (Å²) in [6, 6.07) is 18.0. The Kier molecular flexibility index (Phi) is 12.4. The number of methoxy groups -OCH3 is 1. The minimum Gasteiger partial charge on any atom is -0.465 e. The highest BCUT2D eigenvalue weighted by atomic mass is 16.5. The highest BCUT2D eigenvalue weighted by molar-refractivity contribution is 6.05. The van der Waals surface area contributed by atoms with E-state index in [-0.39, 0.29) is 41.1 Å². The van der Waals surface area contributed by atoms with Gasteiger partial charge in [0, 0.05) is 24.3 Å². The van der Waals surface area contributed by atoms with E-state index in [9.17, 15) is 24.3 Å². The quantitative estimate of drug-likeness (QED) is 0.0987. The Morgan fingerprint density at radius 3 is 1.94 bits per heavy atom. The van der Waals surface area contributed by atoms with Gasteiger partial charge in [-0.15, -0.1) is 0 Å². The summed E-state index contributed by atoms with van der Waals surface area (Å²) in [7, 11) is 1.31. The summed E-state index contributed by atoms with van der Waals surface area (Å²) in [4.78, 5) is 68.5. The number of rotatable bonds is 11. The van der Waals surface area contributed by atoms with E-state index in [1.165, 1.54) is 60.6 Å². The van der Waals surface area contributed by atoms with Crippen molar-refractivity contribution >= 4 is 35.5 Å². The van der Waals surface area contributed by atoms with Gasteiger partial charge in [0.15, 0.2) is 0 Å². The van der Waals surface area contributed by atoms with Crippen molar-refractivity contribution in [3.8, 4) is 33.5 Å². The molecule has 0 bridgehead atoms. The van der Waals surface area contributed by atoms with Crippen LogP contribution in [0.5, 0.6) is 0 Å². The lowest BCUT2D eigenvalue weighted by molar-refractivity contribution is -0.135. The zero-order chi connectivity index (χ0) is 47.4. The number of aromatic amines is 1. The third-order valence-corrected chi connectivity index (χ3v) is 15.3. The Morgan fingerprint density at radius 1 is 0.761 bits per heavy atom. The number of amidine groups is 1. The van der Waals surface area contributed by atoms with Crippen LogP contribution in [0.1, 0.15) is 121 Å². The Hall–Kier alpha value is -6.18. The average molecular weight is 911 g/mol. The lowest BCUT2D eigenvalue weighted by atomic mass is 9.82. The minimum atomic E-state index is -1.20. The largest absolute Gasteiger partial charge is 0.465 e. The number of aromatic nitrogens is 2. The zero-order valence-corrected chi connectivity index (χ0v) is 40.0. The van der Waals surface area contributed by atoms with Crippen LogP contribution in [0.3, 0.4) is 0 Å². The summed E-state index contributed by atoms with van der Waals surface area (Å²) in [5.74, 6) is 0.843. The fourth-order valence-electron chi connectivity index (χ4n) is 11.8. The van der Waals surface area contributed by atoms with Gasteiger partial charge in [0.1, 0.15) is 23.7 Å². The number of alkyl carbamates (subject to hydrolysis) is 1. The molecule has 0 unspecified atom stereocenters. The third kappa shape index (κ3) is 8.79. The van der Waals surface area contributed by atoms with Gasteiger partial charge in [-0.25, -0.2) is 14.6 Å². The SMILES string of the molecule is COC(=O)N[C@H](C(=O)N1CCC[C@H]1C1=NC(C)(C)c2ccc(-c3ccc(-c4ccc(-c5cnc([C@@H]6CCCN6C(=O)[C@@H](NC(=O)O)C(C)C)[nH]5)cc4)c4c3CC3(CCCC3)C4)cc2N1)C(C)C. The summed E-state index contributed by atoms with van der Waals surface area (Å²) in [5.41, 5.74) is 11.5. The number of anilines is 1. The summed E-state index contributed by atoms with van der Waals surface area (Å²) in [6.07, 6.45) is 10.3. The molecule has 2 saturated heterocycles. The number of nitrogens with one attached hydrogen (secondary N) is 4. The van der Waals surface area contributed by atoms with E-state index >= 15 is 0 Å². The van der Waals surface area contributed by atoms with Crippen molar-refractivity contribution in [1.29, 1.82) is 0 Å². The van der Waals surface area contributed by atoms with Gasteiger partial charge >= 0.3 is 12.2 Å². The molecule has 3 fully saturated rings. The molecule has 5 N–H and O–H groups in total. The molecule has 9 rings (SSSR count). The number of aliphatic imine (C=N–C) groups is 1. The summed E-state index contributed by atoms with van der Waals surface area (Å²) in [5, 5.41) is 18.3. The molecule has 1 saturated carbocycles. The van der Waals surface area contributed by atoms with Gasteiger partial charge < -0.3 is 40.6 Å². The van der Waals surface area contributed by atoms with E-state index in [0.717, 1.165) is 72.4 Å². The van der Waals surface area contributed by atoms with Crippen LogP contribution >= 0.6 is 0 Å². The van der Waals surface area contributed by atoms with Crippen LogP contribution in [0.4, 0.5) is 15.3 Å². The highest BCUT2D eigenvalue weighted by Gasteiger charge is 2.44. The van der Waals surface area contributed by atoms with Gasteiger partial charge in [0.05, 0.1) is 36.6 Å². The number of hydrogen-bond acceptors (Lipinski definition) is 8. The predicted octanol–water partition coefficient (Wildman–Crippen LogP) is 9.46. The van der Waals surface area contributed by atoms with Gasteiger partial charge in [-0.2, -0.15) is 0 Å². The monoisotopic (exact) mass is 911 g/mol. The molecule has 4 atom stereocenters. The van der Waals surface area contributed by atoms with Crippen molar-refractivity contribution in [3.63, 3.8) is 0 Å². The number of carbonyl (C=O) groups excluding carboxylic acids is 3. The molecular formula is C53H66N8O6. The number of carbonyl (C=O) groups is 4. The first kappa shape index (κ1) is 46.0. The Balaban J connectivity index is 0.978. The van der Waals surface area contributed by atoms with Crippen LogP contribution in [-0.4, -0.2) is 93.0 Å². The van der Waals surface area contributed by atoms with Gasteiger partial charge in [-0.05, 0) is 127 Å². The van der Waals surface area contributed by atoms with Gasteiger partial charge in [-0.3, -0.25) is 14.6 Å². The maximum absolute atomic E-state index is 14.0. The topological polar surface area (TPSA) is 181 Å².